The van der Waals surface area contributed by atoms with Gasteiger partial charge in [-0.15, -0.1) is 0 Å². The van der Waals surface area contributed by atoms with Gasteiger partial charge in [0.2, 0.25) is 0 Å². The van der Waals surface area contributed by atoms with Gasteiger partial charge in [0.15, 0.2) is 0 Å². The molecule has 3 heteroatoms. The number of nitrogens with one attached hydrogen (secondary N) is 1. The third-order valence-electron chi connectivity index (χ3n) is 2.83. The van der Waals surface area contributed by atoms with Crippen LogP contribution in [0.4, 0.5) is 4.79 Å². The number of carbonyl (C=O) groups is 1. The van der Waals surface area contributed by atoms with Gasteiger partial charge in [0.25, 0.3) is 0 Å². The molecule has 1 atom stereocenters. The van der Waals surface area contributed by atoms with Crippen molar-refractivity contribution in [3.05, 3.63) is 0 Å². The van der Waals surface area contributed by atoms with E-state index in [0.29, 0.717) is 0 Å². The van der Waals surface area contributed by atoms with Gasteiger partial charge in [-0.2, -0.15) is 0 Å². The van der Waals surface area contributed by atoms with Crippen LogP contribution < -0.4 is 5.32 Å². The lowest BCUT2D eigenvalue weighted by Crippen LogP contribution is -2.44. The predicted octanol–water partition coefficient (Wildman–Crippen LogP) is 3.40. The van der Waals surface area contributed by atoms with Crippen molar-refractivity contribution in [2.24, 2.45) is 0 Å². The van der Waals surface area contributed by atoms with E-state index in [1.165, 1.54) is 0 Å². The molecule has 0 fully saturated rings. The number of unbranched alkanes of at least 4 members (excludes halogenated alkanes) is 2. The number of rotatable bonds is 8. The number of hydrogen-bond acceptors (Lipinski definition) is 1. The molecular weight excluding hydrogens is 200 g/mol. The molecule has 0 aliphatic carbocycles. The topological polar surface area (TPSA) is 32.3 Å². The number of carbonyl (C=O) groups excluding carboxylic acids is 1. The monoisotopic (exact) mass is 228 g/mol. The van der Waals surface area contributed by atoms with Crippen molar-refractivity contribution in [1.82, 2.24) is 10.2 Å². The molecule has 0 aliphatic heterocycles. The van der Waals surface area contributed by atoms with E-state index in [1.807, 2.05) is 4.90 Å². The highest BCUT2D eigenvalue weighted by molar-refractivity contribution is 5.74. The first kappa shape index (κ1) is 15.3. The lowest BCUT2D eigenvalue weighted by Gasteiger charge is -2.24. The van der Waals surface area contributed by atoms with E-state index < -0.39 is 0 Å². The van der Waals surface area contributed by atoms with Crippen molar-refractivity contribution < 1.29 is 4.79 Å². The van der Waals surface area contributed by atoms with Gasteiger partial charge in [-0.1, -0.05) is 33.6 Å². The molecule has 1 unspecified atom stereocenters. The van der Waals surface area contributed by atoms with Crippen LogP contribution in [0.15, 0.2) is 0 Å². The fourth-order valence-electron chi connectivity index (χ4n) is 1.42. The predicted molar refractivity (Wildman–Crippen MR) is 69.7 cm³/mol. The fourth-order valence-corrected chi connectivity index (χ4v) is 1.42. The van der Waals surface area contributed by atoms with Crippen LogP contribution in [0.3, 0.4) is 0 Å². The minimum absolute atomic E-state index is 0.108. The van der Waals surface area contributed by atoms with E-state index in [2.05, 4.69) is 33.0 Å². The standard InChI is InChI=1S/C13H28N2O/c1-5-8-10-15(11-9-6-2)13(16)14-12(4)7-3/h12H,5-11H2,1-4H3,(H,14,16). The summed E-state index contributed by atoms with van der Waals surface area (Å²) in [6.45, 7) is 10.2. The minimum Gasteiger partial charge on any atom is -0.336 e. The Bertz CT molecular complexity index is 175. The molecule has 0 radical (unpaired) electrons. The van der Waals surface area contributed by atoms with E-state index >= 15 is 0 Å². The van der Waals surface area contributed by atoms with Crippen LogP contribution in [0.25, 0.3) is 0 Å². The van der Waals surface area contributed by atoms with E-state index in [-0.39, 0.29) is 12.1 Å². The van der Waals surface area contributed by atoms with E-state index in [1.54, 1.807) is 0 Å². The molecule has 0 aromatic rings. The number of urea groups is 1. The zero-order valence-corrected chi connectivity index (χ0v) is 11.4. The Hall–Kier alpha value is -0.730. The van der Waals surface area contributed by atoms with Crippen LogP contribution in [0.1, 0.15) is 59.8 Å². The molecule has 3 nitrogen and oxygen atoms in total. The maximum absolute atomic E-state index is 11.9. The summed E-state index contributed by atoms with van der Waals surface area (Å²) in [6, 6.07) is 0.384. The lowest BCUT2D eigenvalue weighted by atomic mass is 10.2. The van der Waals surface area contributed by atoms with Gasteiger partial charge < -0.3 is 10.2 Å². The normalized spacial score (nSPS) is 12.2. The van der Waals surface area contributed by atoms with Crippen molar-refractivity contribution in [2.45, 2.75) is 65.8 Å². The van der Waals surface area contributed by atoms with Gasteiger partial charge in [-0.25, -0.2) is 4.79 Å². The number of hydrogen-bond donors (Lipinski definition) is 1. The Kier molecular flexibility index (Phi) is 9.06. The summed E-state index contributed by atoms with van der Waals surface area (Å²) in [5, 5.41) is 3.03. The van der Waals surface area contributed by atoms with Crippen molar-refractivity contribution in [3.8, 4) is 0 Å². The molecule has 0 rings (SSSR count). The highest BCUT2D eigenvalue weighted by atomic mass is 16.2. The minimum atomic E-state index is 0.108. The smallest absolute Gasteiger partial charge is 0.317 e. The first-order chi connectivity index (χ1) is 7.65. The summed E-state index contributed by atoms with van der Waals surface area (Å²) in [5.74, 6) is 0. The quantitative estimate of drug-likeness (QED) is 0.678. The Morgan fingerprint density at radius 2 is 1.62 bits per heavy atom. The van der Waals surface area contributed by atoms with Gasteiger partial charge in [-0.3, -0.25) is 0 Å². The maximum atomic E-state index is 11.9. The molecule has 0 spiro atoms. The zero-order valence-electron chi connectivity index (χ0n) is 11.4. The number of nitrogens with zero attached hydrogens (tertiary/aromatic N) is 1. The molecule has 16 heavy (non-hydrogen) atoms. The molecule has 96 valence electrons. The van der Waals surface area contributed by atoms with Crippen molar-refractivity contribution >= 4 is 6.03 Å². The average Bonchev–Trinajstić information content (AvgIpc) is 2.28. The van der Waals surface area contributed by atoms with Gasteiger partial charge >= 0.3 is 6.03 Å². The highest BCUT2D eigenvalue weighted by Crippen LogP contribution is 2.01. The third kappa shape index (κ3) is 6.70. The summed E-state index contributed by atoms with van der Waals surface area (Å²) < 4.78 is 0. The molecular formula is C13H28N2O. The van der Waals surface area contributed by atoms with Crippen LogP contribution in [-0.4, -0.2) is 30.1 Å². The average molecular weight is 228 g/mol. The van der Waals surface area contributed by atoms with Crippen LogP contribution in [0.5, 0.6) is 0 Å². The summed E-state index contributed by atoms with van der Waals surface area (Å²) >= 11 is 0. The van der Waals surface area contributed by atoms with Crippen LogP contribution >= 0.6 is 0 Å². The van der Waals surface area contributed by atoms with Gasteiger partial charge in [0.05, 0.1) is 0 Å². The zero-order chi connectivity index (χ0) is 12.4. The molecule has 0 aromatic heterocycles. The molecule has 2 amide bonds. The first-order valence-corrected chi connectivity index (χ1v) is 6.71. The number of amides is 2. The Morgan fingerprint density at radius 3 is 2.00 bits per heavy atom. The fraction of sp³-hybridized carbons (Fsp3) is 0.923. The Labute approximate surface area is 101 Å². The van der Waals surface area contributed by atoms with Crippen LogP contribution in [0, 0.1) is 0 Å². The van der Waals surface area contributed by atoms with Crippen molar-refractivity contribution in [1.29, 1.82) is 0 Å². The Balaban J connectivity index is 4.08. The van der Waals surface area contributed by atoms with Crippen molar-refractivity contribution in [2.75, 3.05) is 13.1 Å². The molecule has 0 saturated heterocycles. The SMILES string of the molecule is CCCCN(CCCC)C(=O)NC(C)CC. The molecule has 0 bridgehead atoms. The molecule has 0 saturated carbocycles. The highest BCUT2D eigenvalue weighted by Gasteiger charge is 2.13. The summed E-state index contributed by atoms with van der Waals surface area (Å²) in [5.41, 5.74) is 0. The molecule has 0 heterocycles. The third-order valence-corrected chi connectivity index (χ3v) is 2.83. The Morgan fingerprint density at radius 1 is 1.12 bits per heavy atom. The van der Waals surface area contributed by atoms with Crippen molar-refractivity contribution in [3.63, 3.8) is 0 Å². The summed E-state index contributed by atoms with van der Waals surface area (Å²) in [7, 11) is 0. The molecule has 0 aromatic carbocycles. The van der Waals surface area contributed by atoms with Gasteiger partial charge in [0.1, 0.15) is 0 Å². The van der Waals surface area contributed by atoms with Crippen LogP contribution in [0.2, 0.25) is 0 Å². The van der Waals surface area contributed by atoms with E-state index in [9.17, 15) is 4.79 Å². The van der Waals surface area contributed by atoms with Gasteiger partial charge in [-0.05, 0) is 26.2 Å². The van der Waals surface area contributed by atoms with E-state index in [4.69, 9.17) is 0 Å². The summed E-state index contributed by atoms with van der Waals surface area (Å²) in [6.07, 6.45) is 5.45. The van der Waals surface area contributed by atoms with Crippen LogP contribution in [-0.2, 0) is 0 Å². The molecule has 1 N–H and O–H groups in total. The summed E-state index contributed by atoms with van der Waals surface area (Å²) in [4.78, 5) is 13.9. The second-order valence-corrected chi connectivity index (χ2v) is 4.45. The second-order valence-electron chi connectivity index (χ2n) is 4.45. The largest absolute Gasteiger partial charge is 0.336 e. The second kappa shape index (κ2) is 9.49. The first-order valence-electron chi connectivity index (χ1n) is 6.71. The lowest BCUT2D eigenvalue weighted by molar-refractivity contribution is 0.192. The van der Waals surface area contributed by atoms with Gasteiger partial charge in [0, 0.05) is 19.1 Å². The maximum Gasteiger partial charge on any atom is 0.317 e. The van der Waals surface area contributed by atoms with E-state index in [0.717, 1.165) is 45.2 Å². The molecule has 0 aliphatic rings.